The molecule has 5 heteroatoms. The van der Waals surface area contributed by atoms with Crippen LogP contribution in [0, 0.1) is 5.82 Å². The molecule has 0 aromatic heterocycles. The van der Waals surface area contributed by atoms with E-state index < -0.39 is 23.7 Å². The van der Waals surface area contributed by atoms with E-state index in [2.05, 4.69) is 5.32 Å². The van der Waals surface area contributed by atoms with Gasteiger partial charge in [0.1, 0.15) is 5.82 Å². The van der Waals surface area contributed by atoms with E-state index in [1.54, 1.807) is 24.3 Å². The molecule has 3 rings (SSSR count). The van der Waals surface area contributed by atoms with Gasteiger partial charge < -0.3 is 15.2 Å². The van der Waals surface area contributed by atoms with E-state index in [1.807, 2.05) is 24.3 Å². The summed E-state index contributed by atoms with van der Waals surface area (Å²) in [4.78, 5) is 23.7. The van der Waals surface area contributed by atoms with Gasteiger partial charge in [0.15, 0.2) is 0 Å². The number of carboxylic acids is 1. The van der Waals surface area contributed by atoms with Crippen LogP contribution in [-0.4, -0.2) is 17.9 Å². The normalized spacial score (nSPS) is 11.9. The molecule has 1 atom stereocenters. The minimum absolute atomic E-state index is 0.0561. The topological polar surface area (TPSA) is 69.2 Å². The summed E-state index contributed by atoms with van der Waals surface area (Å²) in [5.41, 5.74) is 0.817. The van der Waals surface area contributed by atoms with Crippen LogP contribution in [0.15, 0.2) is 66.7 Å². The van der Waals surface area contributed by atoms with Gasteiger partial charge in [0.05, 0.1) is 12.0 Å². The predicted octanol–water partition coefficient (Wildman–Crippen LogP) is 2.07. The number of benzene rings is 3. The molecule has 0 radical (unpaired) electrons. The van der Waals surface area contributed by atoms with Gasteiger partial charge in [0.2, 0.25) is 0 Å². The minimum atomic E-state index is -1.42. The van der Waals surface area contributed by atoms with Gasteiger partial charge in [-0.1, -0.05) is 42.5 Å². The molecule has 0 bridgehead atoms. The average Bonchev–Trinajstić information content (AvgIpc) is 2.60. The molecule has 3 aromatic rings. The summed E-state index contributed by atoms with van der Waals surface area (Å²) in [6.07, 6.45) is -0.0561. The first-order chi connectivity index (χ1) is 12.0. The van der Waals surface area contributed by atoms with E-state index in [4.69, 9.17) is 0 Å². The van der Waals surface area contributed by atoms with Crippen LogP contribution in [0.4, 0.5) is 4.39 Å². The number of halogens is 1. The van der Waals surface area contributed by atoms with Crippen LogP contribution in [-0.2, 0) is 11.2 Å². The number of aliphatic carboxylic acids is 1. The standard InChI is InChI=1S/C20H16FNO3/c21-17-7-3-4-13(10-17)11-18(20(24)25)22-19(23)16-9-8-14-5-1-2-6-15(14)12-16/h1-10,12,18H,11H2,(H,22,23)(H,24,25)/p-1/t18-/m1/s1. The molecule has 0 aliphatic heterocycles. The van der Waals surface area contributed by atoms with Crippen LogP contribution in [0.2, 0.25) is 0 Å². The Morgan fingerprint density at radius 2 is 1.72 bits per heavy atom. The van der Waals surface area contributed by atoms with Crippen LogP contribution >= 0.6 is 0 Å². The van der Waals surface area contributed by atoms with E-state index in [-0.39, 0.29) is 6.42 Å². The van der Waals surface area contributed by atoms with Crippen molar-refractivity contribution >= 4 is 22.6 Å². The number of carbonyl (C=O) groups is 2. The lowest BCUT2D eigenvalue weighted by molar-refractivity contribution is -0.308. The summed E-state index contributed by atoms with van der Waals surface area (Å²) in [5.74, 6) is -2.40. The van der Waals surface area contributed by atoms with E-state index in [0.29, 0.717) is 11.1 Å². The number of carboxylic acid groups (broad SMARTS) is 1. The van der Waals surface area contributed by atoms with Gasteiger partial charge in [-0.2, -0.15) is 0 Å². The first-order valence-electron chi connectivity index (χ1n) is 7.78. The van der Waals surface area contributed by atoms with E-state index in [1.165, 1.54) is 18.2 Å². The Morgan fingerprint density at radius 3 is 2.44 bits per heavy atom. The van der Waals surface area contributed by atoms with Crippen molar-refractivity contribution < 1.29 is 19.1 Å². The number of nitrogens with one attached hydrogen (secondary N) is 1. The second-order valence-electron chi connectivity index (χ2n) is 5.74. The molecule has 0 fully saturated rings. The molecule has 0 heterocycles. The van der Waals surface area contributed by atoms with Crippen molar-refractivity contribution in [2.24, 2.45) is 0 Å². The molecule has 0 aliphatic rings. The smallest absolute Gasteiger partial charge is 0.251 e. The molecular formula is C20H15FNO3-. The third-order valence-corrected chi connectivity index (χ3v) is 3.93. The van der Waals surface area contributed by atoms with Crippen molar-refractivity contribution in [2.75, 3.05) is 0 Å². The number of hydrogen-bond donors (Lipinski definition) is 1. The molecule has 0 unspecified atom stereocenters. The van der Waals surface area contributed by atoms with Crippen molar-refractivity contribution in [1.29, 1.82) is 0 Å². The number of carbonyl (C=O) groups excluding carboxylic acids is 2. The lowest BCUT2D eigenvalue weighted by Gasteiger charge is -2.20. The molecule has 25 heavy (non-hydrogen) atoms. The van der Waals surface area contributed by atoms with Crippen molar-refractivity contribution in [3.8, 4) is 0 Å². The van der Waals surface area contributed by atoms with Gasteiger partial charge in [0.25, 0.3) is 5.91 Å². The Kier molecular flexibility index (Phi) is 4.75. The Labute approximate surface area is 143 Å². The second kappa shape index (κ2) is 7.13. The average molecular weight is 336 g/mol. The summed E-state index contributed by atoms with van der Waals surface area (Å²) in [7, 11) is 0. The number of fused-ring (bicyclic) bond motifs is 1. The fraction of sp³-hybridized carbons (Fsp3) is 0.100. The molecule has 0 saturated carbocycles. The third-order valence-electron chi connectivity index (χ3n) is 3.93. The molecule has 3 aromatic carbocycles. The van der Waals surface area contributed by atoms with E-state index >= 15 is 0 Å². The zero-order valence-electron chi connectivity index (χ0n) is 13.2. The number of hydrogen-bond acceptors (Lipinski definition) is 3. The summed E-state index contributed by atoms with van der Waals surface area (Å²) in [5, 5.41) is 15.7. The van der Waals surface area contributed by atoms with Crippen molar-refractivity contribution in [1.82, 2.24) is 5.32 Å². The van der Waals surface area contributed by atoms with Gasteiger partial charge in [-0.05, 0) is 47.0 Å². The van der Waals surface area contributed by atoms with Crippen LogP contribution in [0.1, 0.15) is 15.9 Å². The Bertz CT molecular complexity index is 939. The van der Waals surface area contributed by atoms with Gasteiger partial charge >= 0.3 is 0 Å². The SMILES string of the molecule is O=C(N[C@H](Cc1cccc(F)c1)C(=O)[O-])c1ccc2ccccc2c1. The third kappa shape index (κ3) is 4.01. The van der Waals surface area contributed by atoms with Crippen LogP contribution in [0.5, 0.6) is 0 Å². The molecule has 4 nitrogen and oxygen atoms in total. The molecule has 126 valence electrons. The van der Waals surface area contributed by atoms with Crippen LogP contribution < -0.4 is 10.4 Å². The van der Waals surface area contributed by atoms with E-state index in [9.17, 15) is 19.1 Å². The molecule has 0 saturated heterocycles. The highest BCUT2D eigenvalue weighted by atomic mass is 19.1. The fourth-order valence-electron chi connectivity index (χ4n) is 2.67. The maximum absolute atomic E-state index is 13.2. The molecular weight excluding hydrogens is 321 g/mol. The zero-order valence-corrected chi connectivity index (χ0v) is 13.2. The van der Waals surface area contributed by atoms with Gasteiger partial charge in [0, 0.05) is 5.56 Å². The molecule has 0 spiro atoms. The highest BCUT2D eigenvalue weighted by Gasteiger charge is 2.16. The van der Waals surface area contributed by atoms with Crippen LogP contribution in [0.3, 0.4) is 0 Å². The fourth-order valence-corrected chi connectivity index (χ4v) is 2.67. The lowest BCUT2D eigenvalue weighted by Crippen LogP contribution is -2.49. The quantitative estimate of drug-likeness (QED) is 0.775. The minimum Gasteiger partial charge on any atom is -0.548 e. The van der Waals surface area contributed by atoms with Crippen LogP contribution in [0.25, 0.3) is 10.8 Å². The lowest BCUT2D eigenvalue weighted by atomic mass is 10.0. The van der Waals surface area contributed by atoms with Crippen molar-refractivity contribution in [3.05, 3.63) is 83.7 Å². The number of rotatable bonds is 5. The Balaban J connectivity index is 1.78. The van der Waals surface area contributed by atoms with Gasteiger partial charge in [-0.3, -0.25) is 4.79 Å². The monoisotopic (exact) mass is 336 g/mol. The predicted molar refractivity (Wildman–Crippen MR) is 90.3 cm³/mol. The summed E-state index contributed by atoms with van der Waals surface area (Å²) in [6.45, 7) is 0. The largest absolute Gasteiger partial charge is 0.548 e. The maximum atomic E-state index is 13.2. The summed E-state index contributed by atoms with van der Waals surface area (Å²) >= 11 is 0. The molecule has 1 amide bonds. The first-order valence-corrected chi connectivity index (χ1v) is 7.78. The first kappa shape index (κ1) is 16.6. The molecule has 1 N–H and O–H groups in total. The van der Waals surface area contributed by atoms with Gasteiger partial charge in [-0.25, -0.2) is 4.39 Å². The Morgan fingerprint density at radius 1 is 0.960 bits per heavy atom. The van der Waals surface area contributed by atoms with Crippen molar-refractivity contribution in [3.63, 3.8) is 0 Å². The highest BCUT2D eigenvalue weighted by molar-refractivity contribution is 6.00. The van der Waals surface area contributed by atoms with Gasteiger partial charge in [-0.15, -0.1) is 0 Å². The zero-order chi connectivity index (χ0) is 17.8. The highest BCUT2D eigenvalue weighted by Crippen LogP contribution is 2.16. The molecule has 0 aliphatic carbocycles. The number of amides is 1. The maximum Gasteiger partial charge on any atom is 0.251 e. The second-order valence-corrected chi connectivity index (χ2v) is 5.74. The summed E-state index contributed by atoms with van der Waals surface area (Å²) in [6, 6.07) is 17.0. The summed E-state index contributed by atoms with van der Waals surface area (Å²) < 4.78 is 13.2. The Hall–Kier alpha value is -3.21. The van der Waals surface area contributed by atoms with E-state index in [0.717, 1.165) is 10.8 Å². The van der Waals surface area contributed by atoms with Crippen molar-refractivity contribution in [2.45, 2.75) is 12.5 Å².